The number of hydrogen-bond acceptors (Lipinski definition) is 5. The van der Waals surface area contributed by atoms with E-state index in [1.807, 2.05) is 36.4 Å². The number of pyridine rings is 2. The molecule has 3 nitrogen and oxygen atoms in total. The van der Waals surface area contributed by atoms with Gasteiger partial charge in [0.25, 0.3) is 0 Å². The van der Waals surface area contributed by atoms with Gasteiger partial charge in [-0.2, -0.15) is 5.26 Å². The van der Waals surface area contributed by atoms with Gasteiger partial charge < -0.3 is 0 Å². The molecule has 16 heavy (non-hydrogen) atoms. The van der Waals surface area contributed by atoms with Gasteiger partial charge in [-0.3, -0.25) is 0 Å². The summed E-state index contributed by atoms with van der Waals surface area (Å²) >= 11 is 0. The van der Waals surface area contributed by atoms with Crippen LogP contribution in [0.3, 0.4) is 0 Å². The third-order valence-corrected chi connectivity index (χ3v) is 3.86. The van der Waals surface area contributed by atoms with Crippen molar-refractivity contribution in [3.8, 4) is 6.07 Å². The van der Waals surface area contributed by atoms with E-state index < -0.39 is 0 Å². The average Bonchev–Trinajstić information content (AvgIpc) is 2.38. The van der Waals surface area contributed by atoms with E-state index in [0.717, 1.165) is 10.1 Å². The highest BCUT2D eigenvalue weighted by atomic mass is 33.1. The Morgan fingerprint density at radius 1 is 1.00 bits per heavy atom. The van der Waals surface area contributed by atoms with E-state index in [1.165, 1.54) is 21.6 Å². The van der Waals surface area contributed by atoms with Crippen LogP contribution in [0, 0.1) is 11.3 Å². The van der Waals surface area contributed by atoms with E-state index in [9.17, 15) is 0 Å². The van der Waals surface area contributed by atoms with Crippen LogP contribution in [0.25, 0.3) is 0 Å². The lowest BCUT2D eigenvalue weighted by atomic mass is 10.4. The van der Waals surface area contributed by atoms with Crippen molar-refractivity contribution in [3.05, 3.63) is 48.3 Å². The van der Waals surface area contributed by atoms with Crippen molar-refractivity contribution in [2.75, 3.05) is 0 Å². The number of nitrogens with zero attached hydrogens (tertiary/aromatic N) is 3. The lowest BCUT2D eigenvalue weighted by molar-refractivity contribution is 1.11. The SMILES string of the molecule is N#Cc1cccc(SSc2ccccn2)n1. The Kier molecular flexibility index (Phi) is 3.81. The molecule has 0 radical (unpaired) electrons. The van der Waals surface area contributed by atoms with Crippen LogP contribution in [0.1, 0.15) is 5.69 Å². The molecule has 0 aromatic carbocycles. The van der Waals surface area contributed by atoms with E-state index >= 15 is 0 Å². The maximum Gasteiger partial charge on any atom is 0.141 e. The second-order valence-electron chi connectivity index (χ2n) is 2.81. The van der Waals surface area contributed by atoms with Crippen LogP contribution in [-0.4, -0.2) is 9.97 Å². The lowest BCUT2D eigenvalue weighted by Gasteiger charge is -1.99. The van der Waals surface area contributed by atoms with Crippen LogP contribution in [-0.2, 0) is 0 Å². The fraction of sp³-hybridized carbons (Fsp3) is 0. The second kappa shape index (κ2) is 5.54. The van der Waals surface area contributed by atoms with Gasteiger partial charge in [0.15, 0.2) is 0 Å². The zero-order valence-electron chi connectivity index (χ0n) is 8.20. The van der Waals surface area contributed by atoms with Crippen molar-refractivity contribution in [1.82, 2.24) is 9.97 Å². The van der Waals surface area contributed by atoms with E-state index in [2.05, 4.69) is 9.97 Å². The highest BCUT2D eigenvalue weighted by molar-refractivity contribution is 8.76. The van der Waals surface area contributed by atoms with Gasteiger partial charge in [-0.1, -0.05) is 12.1 Å². The highest BCUT2D eigenvalue weighted by Crippen LogP contribution is 2.34. The van der Waals surface area contributed by atoms with Crippen LogP contribution in [0.2, 0.25) is 0 Å². The molecule has 0 saturated heterocycles. The van der Waals surface area contributed by atoms with Gasteiger partial charge >= 0.3 is 0 Å². The van der Waals surface area contributed by atoms with Gasteiger partial charge in [0.05, 0.1) is 0 Å². The Morgan fingerprint density at radius 2 is 1.81 bits per heavy atom. The zero-order valence-corrected chi connectivity index (χ0v) is 9.83. The Morgan fingerprint density at radius 3 is 2.56 bits per heavy atom. The first-order chi connectivity index (χ1) is 7.88. The molecule has 0 spiro atoms. The van der Waals surface area contributed by atoms with Gasteiger partial charge in [-0.05, 0) is 45.9 Å². The van der Waals surface area contributed by atoms with Crippen molar-refractivity contribution < 1.29 is 0 Å². The van der Waals surface area contributed by atoms with Gasteiger partial charge in [0, 0.05) is 6.20 Å². The van der Waals surface area contributed by atoms with E-state index in [1.54, 1.807) is 12.3 Å². The molecule has 2 heterocycles. The third kappa shape index (κ3) is 2.99. The van der Waals surface area contributed by atoms with E-state index in [-0.39, 0.29) is 0 Å². The number of nitriles is 1. The molecule has 0 bridgehead atoms. The summed E-state index contributed by atoms with van der Waals surface area (Å²) in [6.45, 7) is 0. The standard InChI is InChI=1S/C11H7N3S2/c12-8-9-4-3-6-11(14-9)16-15-10-5-1-2-7-13-10/h1-7H. The van der Waals surface area contributed by atoms with Crippen molar-refractivity contribution in [2.45, 2.75) is 10.1 Å². The summed E-state index contributed by atoms with van der Waals surface area (Å²) in [5.74, 6) is 0. The van der Waals surface area contributed by atoms with E-state index in [0.29, 0.717) is 5.69 Å². The molecule has 0 aliphatic rings. The Hall–Kier alpha value is -1.51. The maximum atomic E-state index is 8.71. The minimum Gasteiger partial charge on any atom is -0.249 e. The fourth-order valence-corrected chi connectivity index (χ4v) is 2.77. The summed E-state index contributed by atoms with van der Waals surface area (Å²) in [7, 11) is 3.02. The Balaban J connectivity index is 2.03. The normalized spacial score (nSPS) is 9.69. The van der Waals surface area contributed by atoms with Gasteiger partial charge in [0.1, 0.15) is 21.8 Å². The Labute approximate surface area is 101 Å². The van der Waals surface area contributed by atoms with Crippen LogP contribution in [0.15, 0.2) is 52.6 Å². The molecule has 0 aliphatic carbocycles. The number of hydrogen-bond donors (Lipinski definition) is 0. The fourth-order valence-electron chi connectivity index (χ4n) is 1.01. The molecule has 0 aliphatic heterocycles. The molecule has 5 heteroatoms. The largest absolute Gasteiger partial charge is 0.249 e. The molecule has 0 saturated carbocycles. The minimum atomic E-state index is 0.437. The monoisotopic (exact) mass is 245 g/mol. The summed E-state index contributed by atoms with van der Waals surface area (Å²) in [4.78, 5) is 8.35. The lowest BCUT2D eigenvalue weighted by Crippen LogP contribution is -1.82. The number of aromatic nitrogens is 2. The molecule has 0 unspecified atom stereocenters. The quantitative estimate of drug-likeness (QED) is 0.777. The highest BCUT2D eigenvalue weighted by Gasteiger charge is 2.00. The summed E-state index contributed by atoms with van der Waals surface area (Å²) in [5.41, 5.74) is 0.437. The van der Waals surface area contributed by atoms with Crippen LogP contribution >= 0.6 is 21.6 Å². The second-order valence-corrected chi connectivity index (χ2v) is 4.98. The zero-order chi connectivity index (χ0) is 11.2. The molecule has 2 rings (SSSR count). The van der Waals surface area contributed by atoms with Crippen molar-refractivity contribution in [1.29, 1.82) is 5.26 Å². The van der Waals surface area contributed by atoms with Gasteiger partial charge in [-0.15, -0.1) is 0 Å². The first-order valence-corrected chi connectivity index (χ1v) is 6.66. The molecule has 2 aromatic rings. The first kappa shape index (κ1) is 11.0. The summed E-state index contributed by atoms with van der Waals surface area (Å²) in [6, 6.07) is 13.2. The number of rotatable bonds is 3. The molecule has 2 aromatic heterocycles. The topological polar surface area (TPSA) is 49.6 Å². The maximum absolute atomic E-state index is 8.71. The van der Waals surface area contributed by atoms with Crippen molar-refractivity contribution >= 4 is 21.6 Å². The van der Waals surface area contributed by atoms with Gasteiger partial charge in [0.2, 0.25) is 0 Å². The smallest absolute Gasteiger partial charge is 0.141 e. The van der Waals surface area contributed by atoms with Crippen LogP contribution < -0.4 is 0 Å². The molecular formula is C11H7N3S2. The molecule has 78 valence electrons. The Bertz CT molecular complexity index is 508. The summed E-state index contributed by atoms with van der Waals surface area (Å²) in [6.07, 6.45) is 1.75. The summed E-state index contributed by atoms with van der Waals surface area (Å²) < 4.78 is 0. The molecule has 0 atom stereocenters. The first-order valence-electron chi connectivity index (χ1n) is 4.51. The predicted octanol–water partition coefficient (Wildman–Crippen LogP) is 3.15. The predicted molar refractivity (Wildman–Crippen MR) is 64.9 cm³/mol. The van der Waals surface area contributed by atoms with Crippen LogP contribution in [0.5, 0.6) is 0 Å². The van der Waals surface area contributed by atoms with Gasteiger partial charge in [-0.25, -0.2) is 9.97 Å². The average molecular weight is 245 g/mol. The van der Waals surface area contributed by atoms with Crippen molar-refractivity contribution in [3.63, 3.8) is 0 Å². The molecule has 0 amide bonds. The molecule has 0 fully saturated rings. The molecular weight excluding hydrogens is 238 g/mol. The van der Waals surface area contributed by atoms with Crippen LogP contribution in [0.4, 0.5) is 0 Å². The molecule has 0 N–H and O–H groups in total. The summed E-state index contributed by atoms with van der Waals surface area (Å²) in [5, 5.41) is 10.4. The third-order valence-electron chi connectivity index (χ3n) is 1.69. The van der Waals surface area contributed by atoms with Crippen molar-refractivity contribution in [2.24, 2.45) is 0 Å². The minimum absolute atomic E-state index is 0.437. The van der Waals surface area contributed by atoms with E-state index in [4.69, 9.17) is 5.26 Å².